The monoisotopic (exact) mass is 433 g/mol. The molecule has 0 saturated heterocycles. The number of nitrogens with zero attached hydrogens (tertiary/aromatic N) is 4. The van der Waals surface area contributed by atoms with Crippen molar-refractivity contribution in [3.63, 3.8) is 0 Å². The molecule has 0 saturated carbocycles. The number of hydrogen-bond donors (Lipinski definition) is 1. The van der Waals surface area contributed by atoms with Gasteiger partial charge in [-0.1, -0.05) is 36.4 Å². The molecule has 150 valence electrons. The Balaban J connectivity index is 1.50. The van der Waals surface area contributed by atoms with E-state index in [4.69, 9.17) is 0 Å². The van der Waals surface area contributed by atoms with Crippen molar-refractivity contribution in [2.45, 2.75) is 35.7 Å². The van der Waals surface area contributed by atoms with Gasteiger partial charge in [0.15, 0.2) is 0 Å². The summed E-state index contributed by atoms with van der Waals surface area (Å²) >= 11 is 3.20. The SMILES string of the molecule is O=C(Nc1sc2c(c1Sc1nnnn1-c1ccccc1)CCCC2)c1ccccc1. The molecule has 8 heteroatoms. The van der Waals surface area contributed by atoms with Crippen molar-refractivity contribution in [3.8, 4) is 5.69 Å². The van der Waals surface area contributed by atoms with E-state index in [0.717, 1.165) is 34.8 Å². The highest BCUT2D eigenvalue weighted by Crippen LogP contribution is 2.46. The molecule has 30 heavy (non-hydrogen) atoms. The van der Waals surface area contributed by atoms with E-state index in [1.165, 1.54) is 28.6 Å². The number of carbonyl (C=O) groups is 1. The highest BCUT2D eigenvalue weighted by molar-refractivity contribution is 7.99. The standard InChI is InChI=1S/C22H19N5OS2/c28-20(15-9-3-1-4-10-15)23-21-19(17-13-7-8-14-18(17)29-21)30-22-24-25-26-27(22)16-11-5-2-6-12-16/h1-6,9-12H,7-8,13-14H2,(H,23,28). The van der Waals surface area contributed by atoms with E-state index in [2.05, 4.69) is 20.8 Å². The van der Waals surface area contributed by atoms with Gasteiger partial charge in [0, 0.05) is 10.4 Å². The molecule has 1 aliphatic carbocycles. The number of fused-ring (bicyclic) bond motifs is 1. The van der Waals surface area contributed by atoms with E-state index >= 15 is 0 Å². The summed E-state index contributed by atoms with van der Waals surface area (Å²) in [7, 11) is 0. The molecule has 1 N–H and O–H groups in total. The summed E-state index contributed by atoms with van der Waals surface area (Å²) in [6.07, 6.45) is 4.42. The second-order valence-electron chi connectivity index (χ2n) is 7.00. The second kappa shape index (κ2) is 8.41. The van der Waals surface area contributed by atoms with Crippen LogP contribution in [0.1, 0.15) is 33.6 Å². The number of thiophene rings is 1. The maximum Gasteiger partial charge on any atom is 0.256 e. The average molecular weight is 434 g/mol. The first-order valence-electron chi connectivity index (χ1n) is 9.82. The number of nitrogens with one attached hydrogen (secondary N) is 1. The van der Waals surface area contributed by atoms with E-state index in [0.29, 0.717) is 10.7 Å². The summed E-state index contributed by atoms with van der Waals surface area (Å²) < 4.78 is 1.74. The van der Waals surface area contributed by atoms with Gasteiger partial charge >= 0.3 is 0 Å². The number of rotatable bonds is 5. The van der Waals surface area contributed by atoms with E-state index in [-0.39, 0.29) is 5.91 Å². The van der Waals surface area contributed by atoms with Crippen LogP contribution in [0.4, 0.5) is 5.00 Å². The minimum absolute atomic E-state index is 0.0984. The van der Waals surface area contributed by atoms with Crippen molar-refractivity contribution in [2.24, 2.45) is 0 Å². The number of tetrazole rings is 1. The quantitative estimate of drug-likeness (QED) is 0.479. The lowest BCUT2D eigenvalue weighted by Crippen LogP contribution is -2.11. The molecular weight excluding hydrogens is 414 g/mol. The molecule has 5 rings (SSSR count). The Kier molecular flexibility index (Phi) is 5.33. The maximum absolute atomic E-state index is 12.8. The number of anilines is 1. The summed E-state index contributed by atoms with van der Waals surface area (Å²) in [6, 6.07) is 19.1. The lowest BCUT2D eigenvalue weighted by Gasteiger charge is -2.12. The Morgan fingerprint density at radius 3 is 2.53 bits per heavy atom. The van der Waals surface area contributed by atoms with Crippen LogP contribution in [0.3, 0.4) is 0 Å². The van der Waals surface area contributed by atoms with Gasteiger partial charge in [-0.25, -0.2) is 0 Å². The third kappa shape index (κ3) is 3.76. The van der Waals surface area contributed by atoms with Crippen molar-refractivity contribution in [2.75, 3.05) is 5.32 Å². The molecule has 0 aliphatic heterocycles. The molecule has 0 bridgehead atoms. The number of aromatic nitrogens is 4. The number of carbonyl (C=O) groups excluding carboxylic acids is 1. The first-order chi connectivity index (χ1) is 14.8. The van der Waals surface area contributed by atoms with Crippen LogP contribution in [0, 0.1) is 0 Å². The van der Waals surface area contributed by atoms with Crippen LogP contribution < -0.4 is 5.32 Å². The molecule has 0 radical (unpaired) electrons. The molecule has 0 fully saturated rings. The number of amides is 1. The fraction of sp³-hybridized carbons (Fsp3) is 0.182. The molecule has 0 atom stereocenters. The topological polar surface area (TPSA) is 72.7 Å². The number of para-hydroxylation sites is 1. The van der Waals surface area contributed by atoms with Crippen LogP contribution in [0.15, 0.2) is 70.7 Å². The minimum atomic E-state index is -0.0984. The molecule has 6 nitrogen and oxygen atoms in total. The highest BCUT2D eigenvalue weighted by atomic mass is 32.2. The Labute approximate surface area is 182 Å². The van der Waals surface area contributed by atoms with E-state index < -0.39 is 0 Å². The first kappa shape index (κ1) is 19.0. The van der Waals surface area contributed by atoms with Crippen molar-refractivity contribution < 1.29 is 4.79 Å². The minimum Gasteiger partial charge on any atom is -0.313 e. The average Bonchev–Trinajstić information content (AvgIpc) is 3.40. The largest absolute Gasteiger partial charge is 0.313 e. The highest BCUT2D eigenvalue weighted by Gasteiger charge is 2.25. The predicted octanol–water partition coefficient (Wildman–Crippen LogP) is 5.01. The van der Waals surface area contributed by atoms with Crippen molar-refractivity contribution in [1.29, 1.82) is 0 Å². The van der Waals surface area contributed by atoms with Gasteiger partial charge in [-0.2, -0.15) is 4.68 Å². The lowest BCUT2D eigenvalue weighted by molar-refractivity contribution is 0.102. The molecule has 2 heterocycles. The fourth-order valence-corrected chi connectivity index (χ4v) is 6.03. The molecule has 1 amide bonds. The van der Waals surface area contributed by atoms with Gasteiger partial charge in [0.05, 0.1) is 10.6 Å². The number of aryl methyl sites for hydroxylation is 1. The summed E-state index contributed by atoms with van der Waals surface area (Å²) in [5.41, 5.74) is 2.88. The summed E-state index contributed by atoms with van der Waals surface area (Å²) in [5.74, 6) is -0.0984. The molecule has 1 aliphatic rings. The molecule has 2 aromatic heterocycles. The summed E-state index contributed by atoms with van der Waals surface area (Å²) in [6.45, 7) is 0. The first-order valence-corrected chi connectivity index (χ1v) is 11.5. The van der Waals surface area contributed by atoms with Gasteiger partial charge in [0.25, 0.3) is 5.91 Å². The predicted molar refractivity (Wildman–Crippen MR) is 119 cm³/mol. The van der Waals surface area contributed by atoms with E-state index in [1.54, 1.807) is 16.0 Å². The van der Waals surface area contributed by atoms with Crippen LogP contribution >= 0.6 is 23.1 Å². The Morgan fingerprint density at radius 1 is 1.00 bits per heavy atom. The third-order valence-corrected chi connectivity index (χ3v) is 7.45. The summed E-state index contributed by atoms with van der Waals surface area (Å²) in [4.78, 5) is 15.2. The summed E-state index contributed by atoms with van der Waals surface area (Å²) in [5, 5.41) is 17.0. The smallest absolute Gasteiger partial charge is 0.256 e. The number of benzene rings is 2. The zero-order chi connectivity index (χ0) is 20.3. The van der Waals surface area contributed by atoms with E-state index in [1.807, 2.05) is 60.7 Å². The van der Waals surface area contributed by atoms with Crippen molar-refractivity contribution in [1.82, 2.24) is 20.2 Å². The van der Waals surface area contributed by atoms with Gasteiger partial charge in [-0.15, -0.1) is 16.4 Å². The van der Waals surface area contributed by atoms with Gasteiger partial charge in [-0.05, 0) is 77.7 Å². The van der Waals surface area contributed by atoms with Crippen LogP contribution in [0.25, 0.3) is 5.69 Å². The van der Waals surface area contributed by atoms with Crippen LogP contribution in [0.2, 0.25) is 0 Å². The van der Waals surface area contributed by atoms with Gasteiger partial charge in [-0.3, -0.25) is 4.79 Å². The van der Waals surface area contributed by atoms with Crippen LogP contribution in [-0.4, -0.2) is 26.1 Å². The van der Waals surface area contributed by atoms with E-state index in [9.17, 15) is 4.79 Å². The zero-order valence-corrected chi connectivity index (χ0v) is 17.7. The zero-order valence-electron chi connectivity index (χ0n) is 16.1. The van der Waals surface area contributed by atoms with Gasteiger partial charge in [0.2, 0.25) is 5.16 Å². The van der Waals surface area contributed by atoms with Crippen LogP contribution in [-0.2, 0) is 12.8 Å². The Bertz CT molecular complexity index is 1170. The molecule has 0 spiro atoms. The van der Waals surface area contributed by atoms with Crippen LogP contribution in [0.5, 0.6) is 0 Å². The second-order valence-corrected chi connectivity index (χ2v) is 9.08. The maximum atomic E-state index is 12.8. The molecule has 2 aromatic carbocycles. The van der Waals surface area contributed by atoms with Gasteiger partial charge < -0.3 is 5.32 Å². The third-order valence-electron chi connectivity index (χ3n) is 5.02. The lowest BCUT2D eigenvalue weighted by atomic mass is 9.99. The Morgan fingerprint density at radius 2 is 1.73 bits per heavy atom. The number of hydrogen-bond acceptors (Lipinski definition) is 6. The molecule has 4 aromatic rings. The Hall–Kier alpha value is -2.97. The molecule has 0 unspecified atom stereocenters. The normalized spacial score (nSPS) is 13.1. The van der Waals surface area contributed by atoms with Crippen molar-refractivity contribution in [3.05, 3.63) is 76.7 Å². The van der Waals surface area contributed by atoms with Gasteiger partial charge in [0.1, 0.15) is 5.00 Å². The fourth-order valence-electron chi connectivity index (χ4n) is 3.56. The molecular formula is C22H19N5OS2. The van der Waals surface area contributed by atoms with Crippen molar-refractivity contribution >= 4 is 34.0 Å².